The third kappa shape index (κ3) is 6.51. The summed E-state index contributed by atoms with van der Waals surface area (Å²) in [6.45, 7) is 9.52. The monoisotopic (exact) mass is 488 g/mol. The largest absolute Gasteiger partial charge is 0.490 e. The molecule has 0 aliphatic carbocycles. The van der Waals surface area contributed by atoms with Crippen molar-refractivity contribution in [2.75, 3.05) is 51.1 Å². The van der Waals surface area contributed by atoms with Gasteiger partial charge in [-0.1, -0.05) is 11.8 Å². The van der Waals surface area contributed by atoms with Gasteiger partial charge in [-0.05, 0) is 45.2 Å². The van der Waals surface area contributed by atoms with E-state index in [4.69, 9.17) is 14.2 Å². The van der Waals surface area contributed by atoms with E-state index in [1.807, 2.05) is 27.0 Å². The second kappa shape index (κ2) is 13.0. The molecule has 0 saturated heterocycles. The van der Waals surface area contributed by atoms with Crippen LogP contribution in [0.4, 0.5) is 5.82 Å². The minimum Gasteiger partial charge on any atom is -0.490 e. The fraction of sp³-hybridized carbons (Fsp3) is 0.478. The van der Waals surface area contributed by atoms with E-state index in [1.54, 1.807) is 29.1 Å². The van der Waals surface area contributed by atoms with Gasteiger partial charge < -0.3 is 24.8 Å². The molecule has 2 aromatic heterocycles. The molecule has 1 amide bonds. The average molecular weight is 489 g/mol. The van der Waals surface area contributed by atoms with Gasteiger partial charge in [0.05, 0.1) is 37.9 Å². The molecule has 0 aliphatic rings. The van der Waals surface area contributed by atoms with E-state index in [1.165, 1.54) is 11.8 Å². The van der Waals surface area contributed by atoms with Crippen molar-refractivity contribution in [1.82, 2.24) is 25.1 Å². The summed E-state index contributed by atoms with van der Waals surface area (Å²) in [6.07, 6.45) is 3.67. The molecule has 0 atom stereocenters. The first-order valence-corrected chi connectivity index (χ1v) is 12.6. The predicted molar refractivity (Wildman–Crippen MR) is 133 cm³/mol. The highest BCUT2D eigenvalue weighted by Crippen LogP contribution is 2.28. The smallest absolute Gasteiger partial charge is 0.251 e. The number of aromatic nitrogens is 4. The highest BCUT2D eigenvalue weighted by Gasteiger charge is 2.14. The molecule has 0 unspecified atom stereocenters. The maximum absolute atomic E-state index is 12.7. The molecular formula is C23H32N6O4S. The summed E-state index contributed by atoms with van der Waals surface area (Å²) in [5.41, 5.74) is 1.22. The topological polar surface area (TPSA) is 112 Å². The average Bonchev–Trinajstić information content (AvgIpc) is 3.26. The Hall–Kier alpha value is -3.05. The van der Waals surface area contributed by atoms with Gasteiger partial charge in [-0.15, -0.1) is 0 Å². The Morgan fingerprint density at radius 1 is 1.06 bits per heavy atom. The first-order chi connectivity index (χ1) is 16.6. The Bertz CT molecular complexity index is 1090. The molecule has 184 valence electrons. The van der Waals surface area contributed by atoms with E-state index >= 15 is 0 Å². The standard InChI is InChI=1S/C23H32N6O4S/c1-5-31-13-11-24-20-17-15-26-29(21(17)28-23(27-20)34-4)12-10-25-22(30)16-8-9-18(32-6-2)19(14-16)33-7-3/h8-9,14-15H,5-7,10-13H2,1-4H3,(H,25,30)(H,24,27,28). The Morgan fingerprint density at radius 3 is 2.59 bits per heavy atom. The number of benzene rings is 1. The summed E-state index contributed by atoms with van der Waals surface area (Å²) in [6, 6.07) is 5.18. The van der Waals surface area contributed by atoms with Crippen molar-refractivity contribution >= 4 is 34.5 Å². The minimum atomic E-state index is -0.196. The van der Waals surface area contributed by atoms with Crippen molar-refractivity contribution < 1.29 is 19.0 Å². The van der Waals surface area contributed by atoms with Crippen LogP contribution >= 0.6 is 11.8 Å². The van der Waals surface area contributed by atoms with Gasteiger partial charge in [-0.3, -0.25) is 4.79 Å². The van der Waals surface area contributed by atoms with Crippen LogP contribution in [0.2, 0.25) is 0 Å². The summed E-state index contributed by atoms with van der Waals surface area (Å²) in [7, 11) is 0. The van der Waals surface area contributed by atoms with Crippen LogP contribution in [0.5, 0.6) is 11.5 Å². The summed E-state index contributed by atoms with van der Waals surface area (Å²) in [4.78, 5) is 21.9. The summed E-state index contributed by atoms with van der Waals surface area (Å²) >= 11 is 1.46. The first kappa shape index (κ1) is 25.6. The van der Waals surface area contributed by atoms with Crippen LogP contribution in [0.1, 0.15) is 31.1 Å². The second-order valence-electron chi connectivity index (χ2n) is 7.07. The summed E-state index contributed by atoms with van der Waals surface area (Å²) < 4.78 is 18.3. The number of hydrogen-bond donors (Lipinski definition) is 2. The van der Waals surface area contributed by atoms with Gasteiger partial charge in [0.1, 0.15) is 5.82 Å². The van der Waals surface area contributed by atoms with Crippen molar-refractivity contribution in [3.63, 3.8) is 0 Å². The Morgan fingerprint density at radius 2 is 1.85 bits per heavy atom. The van der Waals surface area contributed by atoms with E-state index in [-0.39, 0.29) is 5.91 Å². The molecule has 34 heavy (non-hydrogen) atoms. The molecule has 0 saturated carbocycles. The zero-order valence-corrected chi connectivity index (χ0v) is 20.9. The zero-order chi connectivity index (χ0) is 24.3. The number of nitrogens with one attached hydrogen (secondary N) is 2. The molecule has 3 aromatic rings. The van der Waals surface area contributed by atoms with Gasteiger partial charge in [0.25, 0.3) is 5.91 Å². The van der Waals surface area contributed by atoms with Gasteiger partial charge in [-0.2, -0.15) is 5.10 Å². The number of rotatable bonds is 14. The molecule has 2 heterocycles. The van der Waals surface area contributed by atoms with E-state index < -0.39 is 0 Å². The maximum atomic E-state index is 12.7. The van der Waals surface area contributed by atoms with Crippen LogP contribution in [0, 0.1) is 0 Å². The van der Waals surface area contributed by atoms with E-state index in [9.17, 15) is 4.79 Å². The molecule has 11 heteroatoms. The number of anilines is 1. The Kier molecular flexibility index (Phi) is 9.77. The molecule has 0 radical (unpaired) electrons. The molecule has 10 nitrogen and oxygen atoms in total. The van der Waals surface area contributed by atoms with Gasteiger partial charge in [0.15, 0.2) is 22.3 Å². The lowest BCUT2D eigenvalue weighted by Gasteiger charge is -2.12. The second-order valence-corrected chi connectivity index (χ2v) is 7.84. The number of ether oxygens (including phenoxy) is 3. The molecule has 2 N–H and O–H groups in total. The van der Waals surface area contributed by atoms with Gasteiger partial charge in [0, 0.05) is 25.3 Å². The number of thioether (sulfide) groups is 1. The highest BCUT2D eigenvalue weighted by atomic mass is 32.2. The summed E-state index contributed by atoms with van der Waals surface area (Å²) in [5, 5.41) is 12.2. The number of carbonyl (C=O) groups is 1. The number of amides is 1. The fourth-order valence-electron chi connectivity index (χ4n) is 3.28. The highest BCUT2D eigenvalue weighted by molar-refractivity contribution is 7.98. The maximum Gasteiger partial charge on any atom is 0.251 e. The molecule has 0 fully saturated rings. The van der Waals surface area contributed by atoms with Crippen molar-refractivity contribution in [3.8, 4) is 11.5 Å². The van der Waals surface area contributed by atoms with Crippen LogP contribution in [0.3, 0.4) is 0 Å². The quantitative estimate of drug-likeness (QED) is 0.201. The molecule has 0 aliphatic heterocycles. The third-order valence-electron chi connectivity index (χ3n) is 4.82. The predicted octanol–water partition coefficient (Wildman–Crippen LogP) is 3.22. The van der Waals surface area contributed by atoms with Gasteiger partial charge in [0.2, 0.25) is 0 Å². The van der Waals surface area contributed by atoms with Crippen LogP contribution in [0.15, 0.2) is 29.6 Å². The number of nitrogens with zero attached hydrogens (tertiary/aromatic N) is 4. The third-order valence-corrected chi connectivity index (χ3v) is 5.36. The van der Waals surface area contributed by atoms with Gasteiger partial charge >= 0.3 is 0 Å². The molecule has 0 spiro atoms. The molecule has 3 rings (SSSR count). The number of fused-ring (bicyclic) bond motifs is 1. The SMILES string of the molecule is CCOCCNc1nc(SC)nc2c1cnn2CCNC(=O)c1ccc(OCC)c(OCC)c1. The lowest BCUT2D eigenvalue weighted by atomic mass is 10.2. The minimum absolute atomic E-state index is 0.196. The molecule has 1 aromatic carbocycles. The van der Waals surface area contributed by atoms with Crippen molar-refractivity contribution in [2.24, 2.45) is 0 Å². The van der Waals surface area contributed by atoms with Crippen molar-refractivity contribution in [1.29, 1.82) is 0 Å². The van der Waals surface area contributed by atoms with Crippen LogP contribution in [-0.2, 0) is 11.3 Å². The van der Waals surface area contributed by atoms with Crippen LogP contribution < -0.4 is 20.1 Å². The van der Waals surface area contributed by atoms with E-state index in [2.05, 4.69) is 25.7 Å². The lowest BCUT2D eigenvalue weighted by molar-refractivity contribution is 0.0951. The molecular weight excluding hydrogens is 456 g/mol. The van der Waals surface area contributed by atoms with Gasteiger partial charge in [-0.25, -0.2) is 14.6 Å². The van der Waals surface area contributed by atoms with E-state index in [0.29, 0.717) is 73.9 Å². The first-order valence-electron chi connectivity index (χ1n) is 11.4. The zero-order valence-electron chi connectivity index (χ0n) is 20.1. The molecule has 0 bridgehead atoms. The fourth-order valence-corrected chi connectivity index (χ4v) is 3.64. The summed E-state index contributed by atoms with van der Waals surface area (Å²) in [5.74, 6) is 1.71. The normalized spacial score (nSPS) is 10.9. The Labute approximate surface area is 203 Å². The van der Waals surface area contributed by atoms with E-state index in [0.717, 1.165) is 11.2 Å². The number of carbonyl (C=O) groups excluding carboxylic acids is 1. The Balaban J connectivity index is 1.67. The van der Waals surface area contributed by atoms with Crippen molar-refractivity contribution in [2.45, 2.75) is 32.5 Å². The van der Waals surface area contributed by atoms with Crippen molar-refractivity contribution in [3.05, 3.63) is 30.0 Å². The lowest BCUT2D eigenvalue weighted by Crippen LogP contribution is -2.27. The van der Waals surface area contributed by atoms with Crippen LogP contribution in [0.25, 0.3) is 11.0 Å². The number of hydrogen-bond acceptors (Lipinski definition) is 9. The van der Waals surface area contributed by atoms with Crippen LogP contribution in [-0.4, -0.2) is 71.4 Å².